The molecule has 0 unspecified atom stereocenters. The molecule has 0 aromatic heterocycles. The Morgan fingerprint density at radius 2 is 2.10 bits per heavy atom. The maximum Gasteiger partial charge on any atom is 0.339 e. The molecule has 0 saturated heterocycles. The number of hydrogen-bond donors (Lipinski definition) is 2. The summed E-state index contributed by atoms with van der Waals surface area (Å²) in [6.45, 7) is 0.265. The number of aromatic hydroxyl groups is 1. The van der Waals surface area contributed by atoms with Crippen molar-refractivity contribution in [1.29, 1.82) is 0 Å². The maximum atomic E-state index is 13.3. The number of carbonyl (C=O) groups excluding carboxylic acids is 1. The van der Waals surface area contributed by atoms with Crippen LogP contribution in [-0.2, 0) is 11.3 Å². The van der Waals surface area contributed by atoms with Gasteiger partial charge >= 0.3 is 5.97 Å². The quantitative estimate of drug-likeness (QED) is 0.848. The van der Waals surface area contributed by atoms with Crippen molar-refractivity contribution in [3.05, 3.63) is 58.4 Å². The highest BCUT2D eigenvalue weighted by molar-refractivity contribution is 6.31. The number of anilines is 1. The van der Waals surface area contributed by atoms with Crippen LogP contribution >= 0.6 is 11.6 Å². The molecular formula is C15H13ClFNO3. The Morgan fingerprint density at radius 1 is 1.33 bits per heavy atom. The standard InChI is InChI=1S/C15H13ClFNO3/c1-21-15(20)11-4-3-10(16)7-13(11)18-8-9-2-5-14(19)12(17)6-9/h2-7,18-19H,8H2,1H3. The lowest BCUT2D eigenvalue weighted by Crippen LogP contribution is -2.08. The van der Waals surface area contributed by atoms with E-state index in [-0.39, 0.29) is 6.54 Å². The van der Waals surface area contributed by atoms with E-state index < -0.39 is 17.5 Å². The number of benzene rings is 2. The van der Waals surface area contributed by atoms with E-state index in [2.05, 4.69) is 10.1 Å². The normalized spacial score (nSPS) is 10.2. The Balaban J connectivity index is 2.20. The topological polar surface area (TPSA) is 58.6 Å². The molecular weight excluding hydrogens is 297 g/mol. The summed E-state index contributed by atoms with van der Waals surface area (Å²) in [7, 11) is 1.29. The van der Waals surface area contributed by atoms with Gasteiger partial charge in [0.15, 0.2) is 11.6 Å². The molecule has 2 aromatic rings. The number of halogens is 2. The minimum atomic E-state index is -0.700. The molecule has 0 aliphatic carbocycles. The number of esters is 1. The predicted octanol–water partition coefficient (Wildman–Crippen LogP) is 3.58. The van der Waals surface area contributed by atoms with E-state index in [1.54, 1.807) is 24.3 Å². The van der Waals surface area contributed by atoms with Crippen LogP contribution in [0.25, 0.3) is 0 Å². The summed E-state index contributed by atoms with van der Waals surface area (Å²) < 4.78 is 17.9. The molecule has 6 heteroatoms. The maximum absolute atomic E-state index is 13.3. The van der Waals surface area contributed by atoms with Crippen LogP contribution in [-0.4, -0.2) is 18.2 Å². The molecule has 4 nitrogen and oxygen atoms in total. The third-order valence-corrected chi connectivity index (χ3v) is 3.12. The molecule has 2 aromatic carbocycles. The van der Waals surface area contributed by atoms with Gasteiger partial charge in [-0.3, -0.25) is 0 Å². The lowest BCUT2D eigenvalue weighted by atomic mass is 10.1. The minimum Gasteiger partial charge on any atom is -0.505 e. The summed E-state index contributed by atoms with van der Waals surface area (Å²) in [6.07, 6.45) is 0. The van der Waals surface area contributed by atoms with Gasteiger partial charge in [0.2, 0.25) is 0 Å². The Hall–Kier alpha value is -2.27. The van der Waals surface area contributed by atoms with Gasteiger partial charge in [-0.15, -0.1) is 0 Å². The van der Waals surface area contributed by atoms with E-state index in [9.17, 15) is 9.18 Å². The lowest BCUT2D eigenvalue weighted by molar-refractivity contribution is 0.0602. The van der Waals surface area contributed by atoms with Gasteiger partial charge in [-0.2, -0.15) is 0 Å². The second kappa shape index (κ2) is 6.45. The number of phenolic OH excluding ortho intramolecular Hbond substituents is 1. The number of carbonyl (C=O) groups is 1. The summed E-state index contributed by atoms with van der Waals surface area (Å²) >= 11 is 5.91. The van der Waals surface area contributed by atoms with Gasteiger partial charge in [0.1, 0.15) is 0 Å². The van der Waals surface area contributed by atoms with Gasteiger partial charge in [0.05, 0.1) is 18.4 Å². The lowest BCUT2D eigenvalue weighted by Gasteiger charge is -2.11. The zero-order chi connectivity index (χ0) is 15.4. The molecule has 2 rings (SSSR count). The van der Waals surface area contributed by atoms with Crippen LogP contribution in [0.2, 0.25) is 5.02 Å². The number of methoxy groups -OCH3 is 1. The van der Waals surface area contributed by atoms with E-state index in [4.69, 9.17) is 16.7 Å². The van der Waals surface area contributed by atoms with Gasteiger partial charge in [-0.1, -0.05) is 17.7 Å². The van der Waals surface area contributed by atoms with Gasteiger partial charge in [-0.25, -0.2) is 9.18 Å². The summed E-state index contributed by atoms with van der Waals surface area (Å²) in [5.74, 6) is -1.60. The molecule has 0 aliphatic rings. The molecule has 0 radical (unpaired) electrons. The predicted molar refractivity (Wildman–Crippen MR) is 78.2 cm³/mol. The van der Waals surface area contributed by atoms with Gasteiger partial charge in [0, 0.05) is 11.6 Å². The number of ether oxygens (including phenoxy) is 1. The molecule has 0 saturated carbocycles. The second-order valence-corrected chi connectivity index (χ2v) is 4.76. The Morgan fingerprint density at radius 3 is 2.76 bits per heavy atom. The van der Waals surface area contributed by atoms with Gasteiger partial charge in [-0.05, 0) is 35.9 Å². The first-order chi connectivity index (χ1) is 10.0. The molecule has 21 heavy (non-hydrogen) atoms. The van der Waals surface area contributed by atoms with Crippen molar-refractivity contribution < 1.29 is 19.0 Å². The highest BCUT2D eigenvalue weighted by atomic mass is 35.5. The van der Waals surface area contributed by atoms with Crippen molar-refractivity contribution in [3.63, 3.8) is 0 Å². The van der Waals surface area contributed by atoms with E-state index in [1.165, 1.54) is 19.2 Å². The van der Waals surface area contributed by atoms with Crippen molar-refractivity contribution in [3.8, 4) is 5.75 Å². The molecule has 0 aliphatic heterocycles. The van der Waals surface area contributed by atoms with E-state index in [1.807, 2.05) is 0 Å². The molecule has 0 atom stereocenters. The first-order valence-corrected chi connectivity index (χ1v) is 6.48. The fourth-order valence-electron chi connectivity index (χ4n) is 1.81. The van der Waals surface area contributed by atoms with Crippen LogP contribution in [0.5, 0.6) is 5.75 Å². The zero-order valence-corrected chi connectivity index (χ0v) is 11.9. The highest BCUT2D eigenvalue weighted by Crippen LogP contribution is 2.23. The smallest absolute Gasteiger partial charge is 0.339 e. The highest BCUT2D eigenvalue weighted by Gasteiger charge is 2.12. The van der Waals surface area contributed by atoms with E-state index in [0.717, 1.165) is 0 Å². The second-order valence-electron chi connectivity index (χ2n) is 4.32. The monoisotopic (exact) mass is 309 g/mol. The third-order valence-electron chi connectivity index (χ3n) is 2.88. The van der Waals surface area contributed by atoms with E-state index >= 15 is 0 Å². The summed E-state index contributed by atoms with van der Waals surface area (Å²) in [5, 5.41) is 12.6. The molecule has 110 valence electrons. The third kappa shape index (κ3) is 3.64. The van der Waals surface area contributed by atoms with Crippen molar-refractivity contribution in [2.45, 2.75) is 6.54 Å². The van der Waals surface area contributed by atoms with Crippen molar-refractivity contribution in [2.24, 2.45) is 0 Å². The summed E-state index contributed by atoms with van der Waals surface area (Å²) in [6, 6.07) is 8.78. The van der Waals surface area contributed by atoms with Crippen LogP contribution < -0.4 is 5.32 Å². The Labute approximate surface area is 126 Å². The molecule has 0 spiro atoms. The molecule has 0 bridgehead atoms. The SMILES string of the molecule is COC(=O)c1ccc(Cl)cc1NCc1ccc(O)c(F)c1. The number of hydrogen-bond acceptors (Lipinski definition) is 4. The zero-order valence-electron chi connectivity index (χ0n) is 11.2. The van der Waals surface area contributed by atoms with Crippen LogP contribution in [0.3, 0.4) is 0 Å². The fourth-order valence-corrected chi connectivity index (χ4v) is 1.98. The average Bonchev–Trinajstić information content (AvgIpc) is 2.48. The fraction of sp³-hybridized carbons (Fsp3) is 0.133. The summed E-state index contributed by atoms with van der Waals surface area (Å²) in [5.41, 5.74) is 1.44. The average molecular weight is 310 g/mol. The van der Waals surface area contributed by atoms with Crippen LogP contribution in [0.15, 0.2) is 36.4 Å². The van der Waals surface area contributed by atoms with Gasteiger partial charge in [0.25, 0.3) is 0 Å². The van der Waals surface area contributed by atoms with Crippen LogP contribution in [0.1, 0.15) is 15.9 Å². The molecule has 0 fully saturated rings. The van der Waals surface area contributed by atoms with Crippen molar-refractivity contribution >= 4 is 23.3 Å². The number of phenols is 1. The first-order valence-electron chi connectivity index (χ1n) is 6.10. The molecule has 0 amide bonds. The Kier molecular flexibility index (Phi) is 4.65. The molecule has 2 N–H and O–H groups in total. The number of rotatable bonds is 4. The van der Waals surface area contributed by atoms with Crippen LogP contribution in [0, 0.1) is 5.82 Å². The first kappa shape index (κ1) is 15.1. The summed E-state index contributed by atoms with van der Waals surface area (Å²) in [4.78, 5) is 11.7. The van der Waals surface area contributed by atoms with Crippen molar-refractivity contribution in [2.75, 3.05) is 12.4 Å². The van der Waals surface area contributed by atoms with E-state index in [0.29, 0.717) is 21.8 Å². The van der Waals surface area contributed by atoms with Gasteiger partial charge < -0.3 is 15.2 Å². The largest absolute Gasteiger partial charge is 0.505 e. The van der Waals surface area contributed by atoms with Crippen molar-refractivity contribution in [1.82, 2.24) is 0 Å². The Bertz CT molecular complexity index is 676. The number of nitrogens with one attached hydrogen (secondary N) is 1. The van der Waals surface area contributed by atoms with Crippen LogP contribution in [0.4, 0.5) is 10.1 Å². The minimum absolute atomic E-state index is 0.265. The molecule has 0 heterocycles.